The lowest BCUT2D eigenvalue weighted by Gasteiger charge is -2.31. The molecule has 0 spiro atoms. The summed E-state index contributed by atoms with van der Waals surface area (Å²) in [5.74, 6) is -1.22. The molecule has 0 aromatic rings. The van der Waals surface area contributed by atoms with E-state index >= 15 is 0 Å². The van der Waals surface area contributed by atoms with E-state index in [-0.39, 0.29) is 58.5 Å². The minimum atomic E-state index is -1.01. The zero-order chi connectivity index (χ0) is 41.1. The van der Waals surface area contributed by atoms with Crippen molar-refractivity contribution < 1.29 is 33.9 Å². The van der Waals surface area contributed by atoms with Gasteiger partial charge in [-0.25, -0.2) is 4.79 Å². The zero-order valence-electron chi connectivity index (χ0n) is 34.5. The molecule has 4 atom stereocenters. The molecular formula is C41H76N6O7. The van der Waals surface area contributed by atoms with Crippen LogP contribution in [0.1, 0.15) is 143 Å². The monoisotopic (exact) mass is 765 g/mol. The molecule has 10 N–H and O–H groups in total. The van der Waals surface area contributed by atoms with E-state index in [2.05, 4.69) is 16.0 Å². The highest BCUT2D eigenvalue weighted by molar-refractivity contribution is 6.02. The molecule has 0 heterocycles. The van der Waals surface area contributed by atoms with Crippen LogP contribution in [0.3, 0.4) is 0 Å². The Morgan fingerprint density at radius 3 is 1.61 bits per heavy atom. The highest BCUT2D eigenvalue weighted by Gasteiger charge is 2.36. The number of amides is 1. The second-order valence-electron chi connectivity index (χ2n) is 15.5. The molecular weight excluding hydrogens is 688 g/mol. The lowest BCUT2D eigenvalue weighted by atomic mass is 9.74. The normalized spacial score (nSPS) is 15.4. The van der Waals surface area contributed by atoms with E-state index in [1.165, 1.54) is 0 Å². The molecule has 4 unspecified atom stereocenters. The fourth-order valence-corrected chi connectivity index (χ4v) is 7.08. The second kappa shape index (κ2) is 29.4. The Bertz CT molecular complexity index is 1190. The average molecular weight is 765 g/mol. The van der Waals surface area contributed by atoms with Crippen LogP contribution < -0.4 is 33.2 Å². The van der Waals surface area contributed by atoms with Crippen LogP contribution in [0.2, 0.25) is 0 Å². The van der Waals surface area contributed by atoms with Gasteiger partial charge >= 0.3 is 5.97 Å². The predicted octanol–water partition coefficient (Wildman–Crippen LogP) is 4.13. The molecule has 54 heavy (non-hydrogen) atoms. The smallest absolute Gasteiger partial charge is 0.332 e. The Morgan fingerprint density at radius 2 is 1.13 bits per heavy atom. The number of carbonyl (C=O) groups excluding carboxylic acids is 5. The zero-order valence-corrected chi connectivity index (χ0v) is 34.5. The van der Waals surface area contributed by atoms with Gasteiger partial charge in [-0.2, -0.15) is 0 Å². The summed E-state index contributed by atoms with van der Waals surface area (Å²) >= 11 is 0. The van der Waals surface area contributed by atoms with Gasteiger partial charge in [-0.1, -0.05) is 39.5 Å². The van der Waals surface area contributed by atoms with Gasteiger partial charge < -0.3 is 38.3 Å². The van der Waals surface area contributed by atoms with Gasteiger partial charge in [0.1, 0.15) is 17.3 Å². The molecule has 0 fully saturated rings. The SMILES string of the molecule is CNC(CCCCN)C(=O)C(C)(C)CC(CCCCNC(=O)C1=C(C(=O)O)CCCC1)C(C)=O.CNC(CCCCN)C(=O)CC(CCCCN)C(C)=O. The Morgan fingerprint density at radius 1 is 0.667 bits per heavy atom. The Kier molecular flexibility index (Phi) is 27.9. The van der Waals surface area contributed by atoms with Crippen molar-refractivity contribution in [3.8, 4) is 0 Å². The number of carboxylic acid groups (broad SMARTS) is 1. The first kappa shape index (κ1) is 51.2. The van der Waals surface area contributed by atoms with Crippen LogP contribution >= 0.6 is 0 Å². The summed E-state index contributed by atoms with van der Waals surface area (Å²) in [4.78, 5) is 73.1. The topological polar surface area (TPSA) is 237 Å². The van der Waals surface area contributed by atoms with E-state index in [1.54, 1.807) is 27.9 Å². The van der Waals surface area contributed by atoms with Gasteiger partial charge in [0.05, 0.1) is 12.1 Å². The van der Waals surface area contributed by atoms with Crippen LogP contribution in [-0.2, 0) is 28.8 Å². The molecule has 0 bridgehead atoms. The first-order chi connectivity index (χ1) is 25.6. The van der Waals surface area contributed by atoms with E-state index in [4.69, 9.17) is 17.2 Å². The van der Waals surface area contributed by atoms with E-state index in [0.29, 0.717) is 70.3 Å². The minimum Gasteiger partial charge on any atom is -0.478 e. The number of ketones is 4. The van der Waals surface area contributed by atoms with Gasteiger partial charge in [-0.05, 0) is 131 Å². The number of hydrogen-bond donors (Lipinski definition) is 7. The summed E-state index contributed by atoms with van der Waals surface area (Å²) in [5.41, 5.74) is 16.5. The number of carboxylic acids is 1. The van der Waals surface area contributed by atoms with Crippen molar-refractivity contribution >= 4 is 35.0 Å². The van der Waals surface area contributed by atoms with E-state index in [9.17, 15) is 33.9 Å². The third-order valence-corrected chi connectivity index (χ3v) is 10.6. The molecule has 1 aliphatic rings. The summed E-state index contributed by atoms with van der Waals surface area (Å²) < 4.78 is 0. The molecule has 0 aromatic heterocycles. The van der Waals surface area contributed by atoms with Crippen molar-refractivity contribution in [3.63, 3.8) is 0 Å². The van der Waals surface area contributed by atoms with Crippen LogP contribution in [0.25, 0.3) is 0 Å². The second-order valence-corrected chi connectivity index (χ2v) is 15.5. The predicted molar refractivity (Wildman–Crippen MR) is 216 cm³/mol. The first-order valence-corrected chi connectivity index (χ1v) is 20.4. The largest absolute Gasteiger partial charge is 0.478 e. The molecule has 13 nitrogen and oxygen atoms in total. The van der Waals surface area contributed by atoms with Crippen molar-refractivity contribution in [1.29, 1.82) is 0 Å². The number of aliphatic carboxylic acids is 1. The highest BCUT2D eigenvalue weighted by atomic mass is 16.4. The Hall–Kier alpha value is -2.84. The fourth-order valence-electron chi connectivity index (χ4n) is 7.08. The lowest BCUT2D eigenvalue weighted by molar-refractivity contribution is -0.133. The number of unbranched alkanes of at least 4 members (excludes halogenated alkanes) is 4. The van der Waals surface area contributed by atoms with Crippen molar-refractivity contribution in [2.75, 3.05) is 40.3 Å². The number of nitrogens with two attached hydrogens (primary N) is 3. The average Bonchev–Trinajstić information content (AvgIpc) is 3.13. The van der Waals surface area contributed by atoms with Gasteiger partial charge in [0.15, 0.2) is 5.78 Å². The molecule has 1 aliphatic carbocycles. The Labute approximate surface area is 325 Å². The van der Waals surface area contributed by atoms with Gasteiger partial charge in [0, 0.05) is 41.4 Å². The van der Waals surface area contributed by atoms with Crippen LogP contribution in [0.4, 0.5) is 0 Å². The van der Waals surface area contributed by atoms with Crippen molar-refractivity contribution in [2.45, 2.75) is 155 Å². The molecule has 312 valence electrons. The third-order valence-electron chi connectivity index (χ3n) is 10.6. The van der Waals surface area contributed by atoms with Crippen LogP contribution in [0.5, 0.6) is 0 Å². The highest BCUT2D eigenvalue weighted by Crippen LogP contribution is 2.32. The lowest BCUT2D eigenvalue weighted by Crippen LogP contribution is -2.43. The first-order valence-electron chi connectivity index (χ1n) is 20.4. The summed E-state index contributed by atoms with van der Waals surface area (Å²) in [6.07, 6.45) is 13.2. The van der Waals surface area contributed by atoms with Gasteiger partial charge in [0.2, 0.25) is 5.91 Å². The van der Waals surface area contributed by atoms with Crippen LogP contribution in [-0.4, -0.2) is 92.5 Å². The van der Waals surface area contributed by atoms with Gasteiger partial charge in [0.25, 0.3) is 0 Å². The standard InChI is InChI=1S/C26H45N3O5.C15H31N3O2/c1-18(30)19(17-26(2,3)23(31)22(28-4)14-7-9-15-27)11-8-10-16-29-24(32)20-12-5-6-13-21(20)25(33)34;1-12(19)13(7-3-5-9-16)11-15(20)14(18-2)8-4-6-10-17/h19,22,28H,5-17,27H2,1-4H3,(H,29,32)(H,33,34);13-14,18H,3-11,16-17H2,1-2H3. The van der Waals surface area contributed by atoms with E-state index < -0.39 is 11.4 Å². The van der Waals surface area contributed by atoms with Crippen molar-refractivity contribution in [1.82, 2.24) is 16.0 Å². The number of carbonyl (C=O) groups is 6. The molecule has 0 aromatic carbocycles. The number of hydrogen-bond acceptors (Lipinski definition) is 11. The molecule has 0 aliphatic heterocycles. The Balaban J connectivity index is 0.00000120. The van der Waals surface area contributed by atoms with Crippen molar-refractivity contribution in [2.24, 2.45) is 34.5 Å². The maximum Gasteiger partial charge on any atom is 0.332 e. The number of rotatable bonds is 30. The summed E-state index contributed by atoms with van der Waals surface area (Å²) in [5, 5.41) is 18.3. The molecule has 0 saturated carbocycles. The maximum absolute atomic E-state index is 13.1. The molecule has 0 radical (unpaired) electrons. The van der Waals surface area contributed by atoms with E-state index in [1.807, 2.05) is 13.8 Å². The number of likely N-dealkylation sites (N-methyl/N-ethyl adjacent to an activating group) is 2. The van der Waals surface area contributed by atoms with Crippen LogP contribution in [0, 0.1) is 17.3 Å². The number of Topliss-reactive ketones (excluding diaryl/α,β-unsaturated/α-hetero) is 4. The third kappa shape index (κ3) is 20.7. The number of nitrogens with one attached hydrogen (secondary N) is 3. The maximum atomic E-state index is 13.1. The molecule has 13 heteroatoms. The molecule has 1 rings (SSSR count). The molecule has 0 saturated heterocycles. The van der Waals surface area contributed by atoms with E-state index in [0.717, 1.165) is 77.0 Å². The fraction of sp³-hybridized carbons (Fsp3) is 0.805. The van der Waals surface area contributed by atoms with Gasteiger partial charge in [-0.15, -0.1) is 0 Å². The quantitative estimate of drug-likeness (QED) is 0.0512. The van der Waals surface area contributed by atoms with Crippen LogP contribution in [0.15, 0.2) is 11.1 Å². The summed E-state index contributed by atoms with van der Waals surface area (Å²) in [6, 6.07) is -0.396. The molecule has 1 amide bonds. The summed E-state index contributed by atoms with van der Waals surface area (Å²) in [6.45, 7) is 9.31. The minimum absolute atomic E-state index is 0.0764. The summed E-state index contributed by atoms with van der Waals surface area (Å²) in [7, 11) is 3.59. The van der Waals surface area contributed by atoms with Crippen molar-refractivity contribution in [3.05, 3.63) is 11.1 Å². The van der Waals surface area contributed by atoms with Gasteiger partial charge in [-0.3, -0.25) is 24.0 Å².